The van der Waals surface area contributed by atoms with Crippen LogP contribution in [0.4, 0.5) is 5.95 Å². The van der Waals surface area contributed by atoms with E-state index in [0.717, 1.165) is 5.39 Å². The molecule has 2 heterocycles. The first-order valence-corrected chi connectivity index (χ1v) is 10.1. The molecule has 4 aromatic rings. The van der Waals surface area contributed by atoms with Gasteiger partial charge in [-0.2, -0.15) is 0 Å². The lowest BCUT2D eigenvalue weighted by atomic mass is 10.1. The van der Waals surface area contributed by atoms with Gasteiger partial charge in [-0.3, -0.25) is 0 Å². The maximum atomic E-state index is 13.4. The van der Waals surface area contributed by atoms with Gasteiger partial charge in [0, 0.05) is 29.4 Å². The molecule has 0 unspecified atom stereocenters. The fourth-order valence-electron chi connectivity index (χ4n) is 3.17. The molecule has 0 saturated carbocycles. The lowest BCUT2D eigenvalue weighted by Crippen LogP contribution is -2.12. The second-order valence-corrected chi connectivity index (χ2v) is 7.99. The van der Waals surface area contributed by atoms with Crippen molar-refractivity contribution in [1.29, 1.82) is 0 Å². The van der Waals surface area contributed by atoms with Crippen LogP contribution in [0.15, 0.2) is 65.8 Å². The maximum absolute atomic E-state index is 13.4. The number of hydrogen-bond acceptors (Lipinski definition) is 7. The van der Waals surface area contributed by atoms with Gasteiger partial charge in [0.2, 0.25) is 5.95 Å². The van der Waals surface area contributed by atoms with Crippen molar-refractivity contribution in [2.45, 2.75) is 4.90 Å². The Morgan fingerprint density at radius 3 is 2.48 bits per heavy atom. The highest BCUT2D eigenvalue weighted by Crippen LogP contribution is 2.34. The van der Waals surface area contributed by atoms with E-state index in [-0.39, 0.29) is 10.8 Å². The van der Waals surface area contributed by atoms with Gasteiger partial charge in [-0.05, 0) is 24.3 Å². The Morgan fingerprint density at radius 1 is 1.00 bits per heavy atom. The lowest BCUT2D eigenvalue weighted by Gasteiger charge is -2.11. The summed E-state index contributed by atoms with van der Waals surface area (Å²) in [6.45, 7) is 0. The summed E-state index contributed by atoms with van der Waals surface area (Å²) in [6, 6.07) is 13.4. The van der Waals surface area contributed by atoms with E-state index < -0.39 is 10.0 Å². The Kier molecular flexibility index (Phi) is 4.59. The number of benzene rings is 2. The van der Waals surface area contributed by atoms with Gasteiger partial charge in [-0.25, -0.2) is 22.4 Å². The normalized spacial score (nSPS) is 11.5. The van der Waals surface area contributed by atoms with Gasteiger partial charge in [0.05, 0.1) is 30.3 Å². The van der Waals surface area contributed by atoms with Gasteiger partial charge < -0.3 is 15.2 Å². The average molecular weight is 410 g/mol. The van der Waals surface area contributed by atoms with Crippen molar-refractivity contribution in [3.63, 3.8) is 0 Å². The first kappa shape index (κ1) is 18.8. The van der Waals surface area contributed by atoms with Crippen molar-refractivity contribution in [2.75, 3.05) is 20.0 Å². The van der Waals surface area contributed by atoms with E-state index in [1.165, 1.54) is 36.5 Å². The molecule has 2 aromatic heterocycles. The highest BCUT2D eigenvalue weighted by molar-refractivity contribution is 7.90. The van der Waals surface area contributed by atoms with E-state index in [0.29, 0.717) is 28.3 Å². The summed E-state index contributed by atoms with van der Waals surface area (Å²) in [4.78, 5) is 8.21. The number of nitrogen functional groups attached to an aromatic ring is 1. The molecule has 0 saturated heterocycles. The van der Waals surface area contributed by atoms with Crippen LogP contribution in [0.2, 0.25) is 0 Å². The molecule has 0 aliphatic heterocycles. The monoisotopic (exact) mass is 410 g/mol. The van der Waals surface area contributed by atoms with Crippen LogP contribution >= 0.6 is 0 Å². The third kappa shape index (κ3) is 3.15. The highest BCUT2D eigenvalue weighted by Gasteiger charge is 2.23. The molecule has 148 valence electrons. The number of anilines is 1. The number of ether oxygens (including phenoxy) is 2. The van der Waals surface area contributed by atoms with Crippen LogP contribution in [0.5, 0.6) is 11.5 Å². The quantitative estimate of drug-likeness (QED) is 0.539. The Morgan fingerprint density at radius 2 is 1.76 bits per heavy atom. The Hall–Kier alpha value is -3.59. The third-order valence-corrected chi connectivity index (χ3v) is 6.21. The molecule has 4 rings (SSSR count). The maximum Gasteiger partial charge on any atom is 0.268 e. The predicted molar refractivity (Wildman–Crippen MR) is 110 cm³/mol. The molecule has 0 fully saturated rings. The molecular formula is C20H18N4O4S. The van der Waals surface area contributed by atoms with E-state index in [9.17, 15) is 8.42 Å². The van der Waals surface area contributed by atoms with Gasteiger partial charge in [-0.15, -0.1) is 0 Å². The molecule has 0 spiro atoms. The molecule has 0 aliphatic rings. The summed E-state index contributed by atoms with van der Waals surface area (Å²) in [5, 5.41) is 0.731. The predicted octanol–water partition coefficient (Wildman–Crippen LogP) is 2.93. The summed E-state index contributed by atoms with van der Waals surface area (Å²) < 4.78 is 38.6. The van der Waals surface area contributed by atoms with Gasteiger partial charge in [-0.1, -0.05) is 18.2 Å². The summed E-state index contributed by atoms with van der Waals surface area (Å²) in [6.07, 6.45) is 3.07. The van der Waals surface area contributed by atoms with E-state index in [1.807, 2.05) is 12.1 Å². The van der Waals surface area contributed by atoms with E-state index in [4.69, 9.17) is 15.2 Å². The third-order valence-electron chi connectivity index (χ3n) is 4.54. The number of nitrogens with zero attached hydrogens (tertiary/aromatic N) is 3. The van der Waals surface area contributed by atoms with Crippen molar-refractivity contribution >= 4 is 26.9 Å². The van der Waals surface area contributed by atoms with Crippen LogP contribution in [-0.4, -0.2) is 36.6 Å². The molecular weight excluding hydrogens is 392 g/mol. The molecule has 9 heteroatoms. The number of hydrogen-bond donors (Lipinski definition) is 1. The lowest BCUT2D eigenvalue weighted by molar-refractivity contribution is 0.354. The van der Waals surface area contributed by atoms with Crippen LogP contribution in [0.3, 0.4) is 0 Å². The molecule has 0 amide bonds. The summed E-state index contributed by atoms with van der Waals surface area (Å²) in [7, 11) is -0.967. The van der Waals surface area contributed by atoms with Crippen LogP contribution in [0.1, 0.15) is 0 Å². The number of aromatic nitrogens is 3. The number of para-hydroxylation sites is 1. The fraction of sp³-hybridized carbons (Fsp3) is 0.100. The van der Waals surface area contributed by atoms with E-state index in [1.54, 1.807) is 30.5 Å². The second-order valence-electron chi connectivity index (χ2n) is 6.18. The minimum atomic E-state index is -3.91. The minimum absolute atomic E-state index is 0.0738. The number of rotatable bonds is 5. The molecule has 2 N–H and O–H groups in total. The zero-order valence-corrected chi connectivity index (χ0v) is 16.6. The largest absolute Gasteiger partial charge is 0.493 e. The van der Waals surface area contributed by atoms with Gasteiger partial charge in [0.1, 0.15) is 0 Å². The number of fused-ring (bicyclic) bond motifs is 1. The smallest absolute Gasteiger partial charge is 0.268 e. The summed E-state index contributed by atoms with van der Waals surface area (Å²) in [5.41, 5.74) is 7.41. The van der Waals surface area contributed by atoms with Gasteiger partial charge in [0.15, 0.2) is 11.5 Å². The molecule has 0 atom stereocenters. The molecule has 2 aromatic carbocycles. The zero-order chi connectivity index (χ0) is 20.6. The van der Waals surface area contributed by atoms with Crippen LogP contribution in [0.25, 0.3) is 22.2 Å². The van der Waals surface area contributed by atoms with E-state index >= 15 is 0 Å². The fourth-order valence-corrected chi connectivity index (χ4v) is 4.55. The first-order chi connectivity index (χ1) is 14.0. The van der Waals surface area contributed by atoms with Gasteiger partial charge in [0.25, 0.3) is 10.0 Å². The van der Waals surface area contributed by atoms with Crippen LogP contribution < -0.4 is 15.2 Å². The highest BCUT2D eigenvalue weighted by atomic mass is 32.2. The minimum Gasteiger partial charge on any atom is -0.493 e. The second kappa shape index (κ2) is 7.10. The average Bonchev–Trinajstić information content (AvgIpc) is 3.14. The number of nitrogens with two attached hydrogens (primary N) is 1. The molecule has 29 heavy (non-hydrogen) atoms. The van der Waals surface area contributed by atoms with E-state index in [2.05, 4.69) is 9.97 Å². The Labute approximate surface area is 167 Å². The summed E-state index contributed by atoms with van der Waals surface area (Å²) >= 11 is 0. The summed E-state index contributed by atoms with van der Waals surface area (Å²) in [5.74, 6) is 0.886. The van der Waals surface area contributed by atoms with Crippen molar-refractivity contribution in [3.8, 4) is 22.8 Å². The Balaban J connectivity index is 1.95. The molecule has 0 aliphatic carbocycles. The topological polar surface area (TPSA) is 109 Å². The van der Waals surface area contributed by atoms with Crippen LogP contribution in [0, 0.1) is 0 Å². The van der Waals surface area contributed by atoms with Gasteiger partial charge >= 0.3 is 0 Å². The standard InChI is InChI=1S/C20H18N4O4S/c1-27-18-8-7-13(11-19(18)28-2)29(25,26)24-12-15(14-5-3-4-6-17(14)24)16-9-10-22-20(21)23-16/h3-12H,1-2H3,(H2,21,22,23). The van der Waals surface area contributed by atoms with Crippen molar-refractivity contribution in [1.82, 2.24) is 13.9 Å². The SMILES string of the molecule is COc1ccc(S(=O)(=O)n2cc(-c3ccnc(N)n3)c3ccccc32)cc1OC. The Bertz CT molecular complexity index is 1320. The molecule has 0 radical (unpaired) electrons. The van der Waals surface area contributed by atoms with Crippen molar-refractivity contribution in [2.24, 2.45) is 0 Å². The number of methoxy groups -OCH3 is 2. The first-order valence-electron chi connectivity index (χ1n) is 8.62. The van der Waals surface area contributed by atoms with Crippen molar-refractivity contribution in [3.05, 3.63) is 60.9 Å². The zero-order valence-electron chi connectivity index (χ0n) is 15.7. The molecule has 0 bridgehead atoms. The molecule has 8 nitrogen and oxygen atoms in total. The van der Waals surface area contributed by atoms with Crippen molar-refractivity contribution < 1.29 is 17.9 Å². The van der Waals surface area contributed by atoms with Crippen LogP contribution in [-0.2, 0) is 10.0 Å².